The molecule has 0 spiro atoms. The first-order valence-corrected chi connectivity index (χ1v) is 6.23. The number of nitriles is 2. The molecule has 1 aromatic carbocycles. The van der Waals surface area contributed by atoms with E-state index in [0.717, 1.165) is 11.1 Å². The molecular formula is C16H9N5. The topological polar surface area (TPSA) is 89.2 Å². The standard InChI is InChI=1S/C16H9N5/c17-9-12-5-3-11(4-6-12)8-13(10-18)15-20-14-2-1-7-19-16(14)21-15/h1-8H,(H,19,20,21)/b13-8-. The molecule has 0 saturated carbocycles. The Labute approximate surface area is 120 Å². The molecule has 0 atom stereocenters. The van der Waals surface area contributed by atoms with E-state index >= 15 is 0 Å². The lowest BCUT2D eigenvalue weighted by Gasteiger charge is -1.96. The molecule has 0 amide bonds. The zero-order chi connectivity index (χ0) is 14.7. The van der Waals surface area contributed by atoms with Crippen molar-refractivity contribution >= 4 is 22.8 Å². The van der Waals surface area contributed by atoms with Crippen molar-refractivity contribution in [3.05, 3.63) is 59.5 Å². The van der Waals surface area contributed by atoms with Gasteiger partial charge in [0.05, 0.1) is 22.7 Å². The molecule has 21 heavy (non-hydrogen) atoms. The lowest BCUT2D eigenvalue weighted by Crippen LogP contribution is -1.85. The Morgan fingerprint density at radius 1 is 1.14 bits per heavy atom. The summed E-state index contributed by atoms with van der Waals surface area (Å²) in [6.45, 7) is 0. The largest absolute Gasteiger partial charge is 0.336 e. The van der Waals surface area contributed by atoms with Crippen LogP contribution in [0, 0.1) is 22.7 Å². The minimum atomic E-state index is 0.415. The highest BCUT2D eigenvalue weighted by atomic mass is 15.0. The van der Waals surface area contributed by atoms with Crippen molar-refractivity contribution < 1.29 is 0 Å². The second kappa shape index (κ2) is 5.28. The van der Waals surface area contributed by atoms with E-state index in [0.29, 0.717) is 22.6 Å². The minimum absolute atomic E-state index is 0.415. The fourth-order valence-corrected chi connectivity index (χ4v) is 1.95. The van der Waals surface area contributed by atoms with Crippen LogP contribution in [0.2, 0.25) is 0 Å². The zero-order valence-corrected chi connectivity index (χ0v) is 10.9. The van der Waals surface area contributed by atoms with Crippen molar-refractivity contribution in [2.24, 2.45) is 0 Å². The first-order chi connectivity index (χ1) is 10.3. The van der Waals surface area contributed by atoms with Crippen LogP contribution >= 0.6 is 0 Å². The summed E-state index contributed by atoms with van der Waals surface area (Å²) < 4.78 is 0. The molecule has 0 unspecified atom stereocenters. The third-order valence-electron chi connectivity index (χ3n) is 2.98. The number of aromatic nitrogens is 3. The molecule has 5 heteroatoms. The van der Waals surface area contributed by atoms with Gasteiger partial charge in [-0.1, -0.05) is 12.1 Å². The molecule has 0 fully saturated rings. The summed E-state index contributed by atoms with van der Waals surface area (Å²) in [5.74, 6) is 0.482. The highest BCUT2D eigenvalue weighted by molar-refractivity contribution is 5.89. The predicted octanol–water partition coefficient (Wildman–Crippen LogP) is 2.89. The molecule has 0 aliphatic rings. The SMILES string of the molecule is N#C/C(=C/c1ccc(C#N)cc1)c1nc2ncccc2[nH]1. The number of allylic oxidation sites excluding steroid dienone is 1. The quantitative estimate of drug-likeness (QED) is 0.726. The maximum atomic E-state index is 9.32. The molecule has 3 aromatic rings. The lowest BCUT2D eigenvalue weighted by molar-refractivity contribution is 1.25. The second-order valence-electron chi connectivity index (χ2n) is 4.36. The third kappa shape index (κ3) is 2.49. The van der Waals surface area contributed by atoms with Gasteiger partial charge in [-0.25, -0.2) is 9.97 Å². The number of nitrogens with zero attached hydrogens (tertiary/aromatic N) is 4. The van der Waals surface area contributed by atoms with E-state index in [-0.39, 0.29) is 0 Å². The maximum absolute atomic E-state index is 9.32. The van der Waals surface area contributed by atoms with Crippen molar-refractivity contribution in [3.8, 4) is 12.1 Å². The van der Waals surface area contributed by atoms with Crippen molar-refractivity contribution in [2.45, 2.75) is 0 Å². The second-order valence-corrected chi connectivity index (χ2v) is 4.36. The summed E-state index contributed by atoms with van der Waals surface area (Å²) >= 11 is 0. The van der Waals surface area contributed by atoms with Crippen LogP contribution in [-0.2, 0) is 0 Å². The van der Waals surface area contributed by atoms with Crippen LogP contribution in [-0.4, -0.2) is 15.0 Å². The van der Waals surface area contributed by atoms with Gasteiger partial charge in [-0.3, -0.25) is 0 Å². The van der Waals surface area contributed by atoms with Crippen LogP contribution in [0.1, 0.15) is 17.0 Å². The Balaban J connectivity index is 2.02. The molecule has 0 radical (unpaired) electrons. The van der Waals surface area contributed by atoms with E-state index in [1.54, 1.807) is 42.6 Å². The average Bonchev–Trinajstić information content (AvgIpc) is 2.97. The Morgan fingerprint density at radius 2 is 1.95 bits per heavy atom. The van der Waals surface area contributed by atoms with Crippen molar-refractivity contribution in [1.82, 2.24) is 15.0 Å². The number of H-pyrrole nitrogens is 1. The summed E-state index contributed by atoms with van der Waals surface area (Å²) in [5.41, 5.74) is 3.19. The third-order valence-corrected chi connectivity index (χ3v) is 2.98. The Kier molecular flexibility index (Phi) is 3.16. The Morgan fingerprint density at radius 3 is 2.62 bits per heavy atom. The summed E-state index contributed by atoms with van der Waals surface area (Å²) in [4.78, 5) is 11.5. The molecule has 98 valence electrons. The lowest BCUT2D eigenvalue weighted by atomic mass is 10.1. The summed E-state index contributed by atoms with van der Waals surface area (Å²) in [7, 11) is 0. The first kappa shape index (κ1) is 12.6. The fourth-order valence-electron chi connectivity index (χ4n) is 1.95. The van der Waals surface area contributed by atoms with Crippen LogP contribution < -0.4 is 0 Å². The van der Waals surface area contributed by atoms with Gasteiger partial charge in [0, 0.05) is 6.20 Å². The molecule has 1 N–H and O–H groups in total. The minimum Gasteiger partial charge on any atom is -0.336 e. The number of benzene rings is 1. The normalized spacial score (nSPS) is 11.0. The van der Waals surface area contributed by atoms with Crippen LogP contribution in [0.5, 0.6) is 0 Å². The van der Waals surface area contributed by atoms with E-state index in [1.807, 2.05) is 6.07 Å². The van der Waals surface area contributed by atoms with Gasteiger partial charge in [0.2, 0.25) is 0 Å². The molecule has 0 saturated heterocycles. The highest BCUT2D eigenvalue weighted by Crippen LogP contribution is 2.18. The van der Waals surface area contributed by atoms with E-state index < -0.39 is 0 Å². The Hall–Kier alpha value is -3.44. The van der Waals surface area contributed by atoms with Gasteiger partial charge in [0.15, 0.2) is 11.5 Å². The number of imidazole rings is 1. The molecule has 2 heterocycles. The van der Waals surface area contributed by atoms with Crippen LogP contribution in [0.4, 0.5) is 0 Å². The van der Waals surface area contributed by atoms with Crippen LogP contribution in [0.3, 0.4) is 0 Å². The molecule has 0 aliphatic heterocycles. The van der Waals surface area contributed by atoms with Gasteiger partial charge >= 0.3 is 0 Å². The summed E-state index contributed by atoms with van der Waals surface area (Å²) in [5, 5.41) is 18.1. The number of aromatic amines is 1. The number of hydrogen-bond donors (Lipinski definition) is 1. The van der Waals surface area contributed by atoms with Crippen LogP contribution in [0.15, 0.2) is 42.6 Å². The molecular weight excluding hydrogens is 262 g/mol. The van der Waals surface area contributed by atoms with E-state index in [2.05, 4.69) is 27.1 Å². The van der Waals surface area contributed by atoms with Crippen molar-refractivity contribution in [2.75, 3.05) is 0 Å². The summed E-state index contributed by atoms with van der Waals surface area (Å²) in [6.07, 6.45) is 3.38. The van der Waals surface area contributed by atoms with Gasteiger partial charge in [-0.2, -0.15) is 10.5 Å². The van der Waals surface area contributed by atoms with Crippen molar-refractivity contribution in [3.63, 3.8) is 0 Å². The van der Waals surface area contributed by atoms with E-state index in [1.165, 1.54) is 0 Å². The van der Waals surface area contributed by atoms with Gasteiger partial charge in [0.25, 0.3) is 0 Å². The summed E-state index contributed by atoms with van der Waals surface area (Å²) in [6, 6.07) is 14.8. The van der Waals surface area contributed by atoms with Gasteiger partial charge in [0.1, 0.15) is 6.07 Å². The van der Waals surface area contributed by atoms with Crippen LogP contribution in [0.25, 0.3) is 22.8 Å². The molecule has 3 rings (SSSR count). The maximum Gasteiger partial charge on any atom is 0.178 e. The number of pyridine rings is 1. The monoisotopic (exact) mass is 271 g/mol. The molecule has 2 aromatic heterocycles. The number of nitrogens with one attached hydrogen (secondary N) is 1. The highest BCUT2D eigenvalue weighted by Gasteiger charge is 2.08. The van der Waals surface area contributed by atoms with Gasteiger partial charge in [-0.05, 0) is 35.9 Å². The van der Waals surface area contributed by atoms with Crippen molar-refractivity contribution in [1.29, 1.82) is 10.5 Å². The molecule has 5 nitrogen and oxygen atoms in total. The smallest absolute Gasteiger partial charge is 0.178 e. The van der Waals surface area contributed by atoms with E-state index in [9.17, 15) is 5.26 Å². The first-order valence-electron chi connectivity index (χ1n) is 6.23. The number of rotatable bonds is 2. The van der Waals surface area contributed by atoms with Gasteiger partial charge < -0.3 is 4.98 Å². The predicted molar refractivity (Wildman–Crippen MR) is 78.5 cm³/mol. The fraction of sp³-hybridized carbons (Fsp3) is 0. The van der Waals surface area contributed by atoms with Gasteiger partial charge in [-0.15, -0.1) is 0 Å². The number of hydrogen-bond acceptors (Lipinski definition) is 4. The van der Waals surface area contributed by atoms with E-state index in [4.69, 9.17) is 5.26 Å². The zero-order valence-electron chi connectivity index (χ0n) is 10.9. The number of fused-ring (bicyclic) bond motifs is 1. The molecule has 0 aliphatic carbocycles. The Bertz CT molecular complexity index is 871. The average molecular weight is 271 g/mol. The molecule has 0 bridgehead atoms.